The van der Waals surface area contributed by atoms with Gasteiger partial charge in [0.15, 0.2) is 0 Å². The number of hydrogen-bond donors (Lipinski definition) is 1. The van der Waals surface area contributed by atoms with E-state index in [2.05, 4.69) is 17.1 Å². The highest BCUT2D eigenvalue weighted by molar-refractivity contribution is 4.92. The van der Waals surface area contributed by atoms with E-state index in [-0.39, 0.29) is 0 Å². The molecule has 14 heavy (non-hydrogen) atoms. The zero-order chi connectivity index (χ0) is 9.86. The van der Waals surface area contributed by atoms with Gasteiger partial charge in [-0.15, -0.1) is 0 Å². The standard InChI is InChI=1S/C12H24N2/c1-2-3-9-14-10-6-12(11-14)4-7-13-8-5-12/h13H,2-11H2,1H3. The molecule has 0 amide bonds. The smallest absolute Gasteiger partial charge is 0.00394 e. The van der Waals surface area contributed by atoms with Gasteiger partial charge in [-0.2, -0.15) is 0 Å². The molecule has 82 valence electrons. The normalized spacial score (nSPS) is 27.2. The van der Waals surface area contributed by atoms with Gasteiger partial charge in [0.25, 0.3) is 0 Å². The number of rotatable bonds is 3. The fraction of sp³-hybridized carbons (Fsp3) is 1.00. The van der Waals surface area contributed by atoms with E-state index in [0.717, 1.165) is 0 Å². The third-order valence-electron chi connectivity index (χ3n) is 4.01. The minimum atomic E-state index is 0.707. The Labute approximate surface area is 88.1 Å². The summed E-state index contributed by atoms with van der Waals surface area (Å²) in [6.45, 7) is 8.87. The van der Waals surface area contributed by atoms with E-state index in [1.165, 1.54) is 64.8 Å². The molecule has 0 bridgehead atoms. The van der Waals surface area contributed by atoms with E-state index in [0.29, 0.717) is 5.41 Å². The Morgan fingerprint density at radius 3 is 2.71 bits per heavy atom. The molecule has 2 nitrogen and oxygen atoms in total. The zero-order valence-electron chi connectivity index (χ0n) is 9.52. The molecule has 0 aromatic heterocycles. The molecule has 0 aliphatic carbocycles. The number of nitrogens with one attached hydrogen (secondary N) is 1. The van der Waals surface area contributed by atoms with Crippen LogP contribution in [0.4, 0.5) is 0 Å². The highest BCUT2D eigenvalue weighted by Crippen LogP contribution is 2.38. The van der Waals surface area contributed by atoms with Crippen LogP contribution in [0.15, 0.2) is 0 Å². The van der Waals surface area contributed by atoms with Gasteiger partial charge in [-0.25, -0.2) is 0 Å². The SMILES string of the molecule is CCCCN1CCC2(CCNCC2)C1. The van der Waals surface area contributed by atoms with Crippen LogP contribution in [0.5, 0.6) is 0 Å². The van der Waals surface area contributed by atoms with Crippen LogP contribution in [0.1, 0.15) is 39.0 Å². The Bertz CT molecular complexity index is 173. The Hall–Kier alpha value is -0.0800. The van der Waals surface area contributed by atoms with Crippen molar-refractivity contribution in [3.8, 4) is 0 Å². The molecule has 2 heteroatoms. The fourth-order valence-electron chi connectivity index (χ4n) is 2.97. The van der Waals surface area contributed by atoms with Crippen molar-refractivity contribution in [1.82, 2.24) is 10.2 Å². The van der Waals surface area contributed by atoms with Gasteiger partial charge in [0.05, 0.1) is 0 Å². The van der Waals surface area contributed by atoms with Crippen LogP contribution in [-0.4, -0.2) is 37.6 Å². The summed E-state index contributed by atoms with van der Waals surface area (Å²) >= 11 is 0. The first-order valence-corrected chi connectivity index (χ1v) is 6.28. The summed E-state index contributed by atoms with van der Waals surface area (Å²) in [5.74, 6) is 0. The summed E-state index contributed by atoms with van der Waals surface area (Å²) in [5, 5.41) is 3.48. The summed E-state index contributed by atoms with van der Waals surface area (Å²) in [5.41, 5.74) is 0.707. The van der Waals surface area contributed by atoms with Gasteiger partial charge < -0.3 is 10.2 Å². The average molecular weight is 196 g/mol. The van der Waals surface area contributed by atoms with E-state index >= 15 is 0 Å². The lowest BCUT2D eigenvalue weighted by atomic mass is 9.78. The number of nitrogens with zero attached hydrogens (tertiary/aromatic N) is 1. The van der Waals surface area contributed by atoms with Crippen LogP contribution in [0.25, 0.3) is 0 Å². The minimum Gasteiger partial charge on any atom is -0.317 e. The third-order valence-corrected chi connectivity index (χ3v) is 4.01. The molecule has 2 fully saturated rings. The highest BCUT2D eigenvalue weighted by Gasteiger charge is 2.38. The first kappa shape index (κ1) is 10.4. The molecule has 0 unspecified atom stereocenters. The van der Waals surface area contributed by atoms with Crippen LogP contribution >= 0.6 is 0 Å². The summed E-state index contributed by atoms with van der Waals surface area (Å²) in [7, 11) is 0. The predicted molar refractivity (Wildman–Crippen MR) is 60.5 cm³/mol. The second kappa shape index (κ2) is 4.63. The van der Waals surface area contributed by atoms with E-state index < -0.39 is 0 Å². The maximum absolute atomic E-state index is 3.48. The maximum Gasteiger partial charge on any atom is 0.00394 e. The molecule has 1 N–H and O–H groups in total. The molecular formula is C12H24N2. The van der Waals surface area contributed by atoms with Crippen LogP contribution in [0.2, 0.25) is 0 Å². The van der Waals surface area contributed by atoms with Crippen molar-refractivity contribution in [3.05, 3.63) is 0 Å². The predicted octanol–water partition coefficient (Wildman–Crippen LogP) is 1.86. The summed E-state index contributed by atoms with van der Waals surface area (Å²) in [6, 6.07) is 0. The Morgan fingerprint density at radius 1 is 1.21 bits per heavy atom. The van der Waals surface area contributed by atoms with Crippen LogP contribution < -0.4 is 5.32 Å². The van der Waals surface area contributed by atoms with E-state index in [4.69, 9.17) is 0 Å². The monoisotopic (exact) mass is 196 g/mol. The average Bonchev–Trinajstić information content (AvgIpc) is 2.60. The first-order valence-electron chi connectivity index (χ1n) is 6.28. The molecule has 0 aromatic carbocycles. The van der Waals surface area contributed by atoms with Gasteiger partial charge >= 0.3 is 0 Å². The number of likely N-dealkylation sites (tertiary alicyclic amines) is 1. The van der Waals surface area contributed by atoms with Crippen molar-refractivity contribution in [2.24, 2.45) is 5.41 Å². The zero-order valence-corrected chi connectivity index (χ0v) is 9.52. The summed E-state index contributed by atoms with van der Waals surface area (Å²) in [4.78, 5) is 2.69. The topological polar surface area (TPSA) is 15.3 Å². The van der Waals surface area contributed by atoms with Gasteiger partial charge in [0.1, 0.15) is 0 Å². The number of hydrogen-bond acceptors (Lipinski definition) is 2. The molecule has 2 heterocycles. The highest BCUT2D eigenvalue weighted by atomic mass is 15.2. The molecule has 2 aliphatic heterocycles. The molecule has 0 radical (unpaired) electrons. The first-order chi connectivity index (χ1) is 6.85. The lowest BCUT2D eigenvalue weighted by molar-refractivity contribution is 0.196. The Kier molecular flexibility index (Phi) is 3.45. The molecule has 2 rings (SSSR count). The number of piperidine rings is 1. The van der Waals surface area contributed by atoms with E-state index in [9.17, 15) is 0 Å². The summed E-state index contributed by atoms with van der Waals surface area (Å²) in [6.07, 6.45) is 7.00. The Morgan fingerprint density at radius 2 is 2.00 bits per heavy atom. The van der Waals surface area contributed by atoms with Crippen LogP contribution in [0.3, 0.4) is 0 Å². The van der Waals surface area contributed by atoms with Crippen LogP contribution in [0, 0.1) is 5.41 Å². The molecule has 0 saturated carbocycles. The fourth-order valence-corrected chi connectivity index (χ4v) is 2.97. The molecule has 0 atom stereocenters. The van der Waals surface area contributed by atoms with Gasteiger partial charge in [-0.3, -0.25) is 0 Å². The van der Waals surface area contributed by atoms with Gasteiger partial charge in [-0.1, -0.05) is 13.3 Å². The van der Waals surface area contributed by atoms with Crippen molar-refractivity contribution in [3.63, 3.8) is 0 Å². The van der Waals surface area contributed by atoms with Crippen molar-refractivity contribution in [1.29, 1.82) is 0 Å². The Balaban J connectivity index is 1.80. The maximum atomic E-state index is 3.48. The van der Waals surface area contributed by atoms with Crippen molar-refractivity contribution < 1.29 is 0 Å². The van der Waals surface area contributed by atoms with Gasteiger partial charge in [0.2, 0.25) is 0 Å². The van der Waals surface area contributed by atoms with Crippen LogP contribution in [-0.2, 0) is 0 Å². The minimum absolute atomic E-state index is 0.707. The van der Waals surface area contributed by atoms with Gasteiger partial charge in [-0.05, 0) is 57.3 Å². The largest absolute Gasteiger partial charge is 0.317 e. The summed E-state index contributed by atoms with van der Waals surface area (Å²) < 4.78 is 0. The second-order valence-corrected chi connectivity index (χ2v) is 5.13. The number of unbranched alkanes of at least 4 members (excludes halogenated alkanes) is 1. The van der Waals surface area contributed by atoms with E-state index in [1.807, 2.05) is 0 Å². The lowest BCUT2D eigenvalue weighted by Gasteiger charge is -2.33. The van der Waals surface area contributed by atoms with Crippen molar-refractivity contribution in [2.75, 3.05) is 32.7 Å². The molecule has 0 aromatic rings. The molecule has 2 saturated heterocycles. The third kappa shape index (κ3) is 2.29. The lowest BCUT2D eigenvalue weighted by Crippen LogP contribution is -2.38. The van der Waals surface area contributed by atoms with Crippen molar-refractivity contribution in [2.45, 2.75) is 39.0 Å². The van der Waals surface area contributed by atoms with Gasteiger partial charge in [0, 0.05) is 6.54 Å². The quantitative estimate of drug-likeness (QED) is 0.741. The molecule has 1 spiro atoms. The van der Waals surface area contributed by atoms with Crippen molar-refractivity contribution >= 4 is 0 Å². The molecule has 2 aliphatic rings. The second-order valence-electron chi connectivity index (χ2n) is 5.13. The molecular weight excluding hydrogens is 172 g/mol. The van der Waals surface area contributed by atoms with E-state index in [1.54, 1.807) is 0 Å².